The topological polar surface area (TPSA) is 38.0 Å². The van der Waals surface area contributed by atoms with Crippen molar-refractivity contribution in [3.63, 3.8) is 0 Å². The van der Waals surface area contributed by atoms with Crippen molar-refractivity contribution < 1.29 is 4.39 Å². The molecule has 60 valence electrons. The summed E-state index contributed by atoms with van der Waals surface area (Å²) in [7, 11) is 0. The van der Waals surface area contributed by atoms with Gasteiger partial charge in [-0.15, -0.1) is 0 Å². The van der Waals surface area contributed by atoms with Crippen molar-refractivity contribution in [2.24, 2.45) is 5.73 Å². The third kappa shape index (κ3) is 2.45. The molecule has 3 N–H and O–H groups in total. The summed E-state index contributed by atoms with van der Waals surface area (Å²) in [4.78, 5) is 0. The Bertz CT molecular complexity index is 228. The molecule has 2 nitrogen and oxygen atoms in total. The van der Waals surface area contributed by atoms with Gasteiger partial charge in [-0.3, -0.25) is 0 Å². The normalized spacial score (nSPS) is 16.8. The minimum Gasteiger partial charge on any atom is -0.386 e. The average molecular weight is 154 g/mol. The van der Waals surface area contributed by atoms with Crippen LogP contribution in [0.4, 0.5) is 4.39 Å². The molecule has 0 spiro atoms. The van der Waals surface area contributed by atoms with E-state index in [1.165, 1.54) is 6.08 Å². The monoisotopic (exact) mass is 154 g/mol. The van der Waals surface area contributed by atoms with E-state index in [0.29, 0.717) is 17.9 Å². The predicted octanol–water partition coefficient (Wildman–Crippen LogP) is 1.54. The van der Waals surface area contributed by atoms with Crippen LogP contribution in [0.2, 0.25) is 0 Å². The third-order valence-corrected chi connectivity index (χ3v) is 1.36. The Hall–Kier alpha value is -1.25. The van der Waals surface area contributed by atoms with Crippen LogP contribution in [0.15, 0.2) is 36.1 Å². The van der Waals surface area contributed by atoms with E-state index in [-0.39, 0.29) is 5.83 Å². The van der Waals surface area contributed by atoms with Gasteiger partial charge in [-0.25, -0.2) is 4.39 Å². The van der Waals surface area contributed by atoms with Crippen LogP contribution in [0, 0.1) is 0 Å². The summed E-state index contributed by atoms with van der Waals surface area (Å²) in [5.74, 6) is 0.221. The Labute approximate surface area is 65.3 Å². The summed E-state index contributed by atoms with van der Waals surface area (Å²) < 4.78 is 12.6. The summed E-state index contributed by atoms with van der Waals surface area (Å²) in [6.07, 6.45) is 4.53. The molecule has 0 unspecified atom stereocenters. The minimum absolute atomic E-state index is 0.115. The van der Waals surface area contributed by atoms with Crippen LogP contribution in [-0.2, 0) is 0 Å². The van der Waals surface area contributed by atoms with Crippen LogP contribution in [-0.4, -0.2) is 0 Å². The first-order valence-electron chi connectivity index (χ1n) is 3.46. The fraction of sp³-hybridized carbons (Fsp3) is 0.250. The maximum absolute atomic E-state index is 12.6. The van der Waals surface area contributed by atoms with Crippen LogP contribution in [0.25, 0.3) is 0 Å². The highest BCUT2D eigenvalue weighted by Gasteiger charge is 2.03. The van der Waals surface area contributed by atoms with Gasteiger partial charge in [0.1, 0.15) is 5.83 Å². The maximum Gasteiger partial charge on any atom is 0.102 e. The number of nitrogens with two attached hydrogens (primary N) is 1. The fourth-order valence-electron chi connectivity index (χ4n) is 0.938. The summed E-state index contributed by atoms with van der Waals surface area (Å²) in [5, 5.41) is 2.74. The van der Waals surface area contributed by atoms with Gasteiger partial charge in [0, 0.05) is 12.1 Å². The first-order valence-corrected chi connectivity index (χ1v) is 3.46. The summed E-state index contributed by atoms with van der Waals surface area (Å²) in [6.45, 7) is 3.45. The third-order valence-electron chi connectivity index (χ3n) is 1.36. The second-order valence-corrected chi connectivity index (χ2v) is 2.44. The molecule has 1 aliphatic carbocycles. The van der Waals surface area contributed by atoms with Gasteiger partial charge in [0.05, 0.1) is 5.82 Å². The zero-order valence-corrected chi connectivity index (χ0v) is 6.23. The Morgan fingerprint density at radius 2 is 2.45 bits per heavy atom. The van der Waals surface area contributed by atoms with E-state index in [0.717, 1.165) is 6.42 Å². The number of hydrogen-bond acceptors (Lipinski definition) is 2. The van der Waals surface area contributed by atoms with Gasteiger partial charge >= 0.3 is 0 Å². The van der Waals surface area contributed by atoms with Crippen molar-refractivity contribution in [1.82, 2.24) is 5.32 Å². The lowest BCUT2D eigenvalue weighted by Gasteiger charge is -2.10. The maximum atomic E-state index is 12.6. The Balaban J connectivity index is 2.59. The summed E-state index contributed by atoms with van der Waals surface area (Å²) in [5.41, 5.74) is 5.97. The van der Waals surface area contributed by atoms with Crippen molar-refractivity contribution in [1.29, 1.82) is 0 Å². The van der Waals surface area contributed by atoms with Crippen LogP contribution < -0.4 is 11.1 Å². The predicted molar refractivity (Wildman–Crippen MR) is 43.0 cm³/mol. The number of halogens is 1. The highest BCUT2D eigenvalue weighted by atomic mass is 19.1. The quantitative estimate of drug-likeness (QED) is 0.633. The Morgan fingerprint density at radius 3 is 3.00 bits per heavy atom. The molecular formula is C8H11FN2. The van der Waals surface area contributed by atoms with Crippen LogP contribution in [0.3, 0.4) is 0 Å². The van der Waals surface area contributed by atoms with Gasteiger partial charge in [0.15, 0.2) is 0 Å². The molecule has 0 aliphatic heterocycles. The van der Waals surface area contributed by atoms with Crippen molar-refractivity contribution in [2.75, 3.05) is 0 Å². The lowest BCUT2D eigenvalue weighted by molar-refractivity contribution is 0.582. The highest BCUT2D eigenvalue weighted by Crippen LogP contribution is 2.16. The molecule has 0 bridgehead atoms. The second-order valence-electron chi connectivity index (χ2n) is 2.44. The first kappa shape index (κ1) is 7.85. The molecular weight excluding hydrogens is 143 g/mol. The Morgan fingerprint density at radius 1 is 1.73 bits per heavy atom. The molecule has 0 aromatic rings. The van der Waals surface area contributed by atoms with Crippen LogP contribution in [0.1, 0.15) is 12.8 Å². The average Bonchev–Trinajstić information content (AvgIpc) is 1.85. The lowest BCUT2D eigenvalue weighted by atomic mass is 10.1. The van der Waals surface area contributed by atoms with Gasteiger partial charge in [-0.1, -0.05) is 12.7 Å². The van der Waals surface area contributed by atoms with Gasteiger partial charge in [-0.2, -0.15) is 0 Å². The van der Waals surface area contributed by atoms with Crippen molar-refractivity contribution >= 4 is 0 Å². The van der Waals surface area contributed by atoms with Gasteiger partial charge < -0.3 is 11.1 Å². The Kier molecular flexibility index (Phi) is 2.31. The van der Waals surface area contributed by atoms with E-state index in [4.69, 9.17) is 5.73 Å². The molecule has 1 rings (SSSR count). The molecule has 3 heteroatoms. The van der Waals surface area contributed by atoms with Crippen molar-refractivity contribution in [3.8, 4) is 0 Å². The molecule has 0 amide bonds. The molecule has 11 heavy (non-hydrogen) atoms. The van der Waals surface area contributed by atoms with Gasteiger partial charge in [0.25, 0.3) is 0 Å². The summed E-state index contributed by atoms with van der Waals surface area (Å²) >= 11 is 0. The standard InChI is InChI=1S/C8H11FN2/c1-6(10)11-8-4-2-3-7(9)5-8/h4-5,11H,1-3,10H2. The molecule has 0 atom stereocenters. The van der Waals surface area contributed by atoms with E-state index >= 15 is 0 Å². The SMILES string of the molecule is C=C(N)NC1=CCCC(F)=C1. The molecule has 0 saturated carbocycles. The van der Waals surface area contributed by atoms with Crippen molar-refractivity contribution in [2.45, 2.75) is 12.8 Å². The van der Waals surface area contributed by atoms with E-state index < -0.39 is 0 Å². The van der Waals surface area contributed by atoms with E-state index in [1.54, 1.807) is 0 Å². The van der Waals surface area contributed by atoms with Gasteiger partial charge in [0.2, 0.25) is 0 Å². The number of hydrogen-bond donors (Lipinski definition) is 2. The smallest absolute Gasteiger partial charge is 0.102 e. The second kappa shape index (κ2) is 3.23. The van der Waals surface area contributed by atoms with E-state index in [1.807, 2.05) is 6.08 Å². The summed E-state index contributed by atoms with van der Waals surface area (Å²) in [6, 6.07) is 0. The molecule has 0 saturated heterocycles. The van der Waals surface area contributed by atoms with Crippen molar-refractivity contribution in [3.05, 3.63) is 36.1 Å². The molecule has 0 aromatic carbocycles. The van der Waals surface area contributed by atoms with Crippen LogP contribution >= 0.6 is 0 Å². The largest absolute Gasteiger partial charge is 0.386 e. The minimum atomic E-state index is -0.115. The molecule has 1 aliphatic rings. The number of allylic oxidation sites excluding steroid dienone is 3. The fourth-order valence-corrected chi connectivity index (χ4v) is 0.938. The highest BCUT2D eigenvalue weighted by molar-refractivity contribution is 5.25. The first-order chi connectivity index (χ1) is 5.18. The zero-order chi connectivity index (χ0) is 8.27. The van der Waals surface area contributed by atoms with Crippen LogP contribution in [0.5, 0.6) is 0 Å². The lowest BCUT2D eigenvalue weighted by Crippen LogP contribution is -2.18. The molecule has 0 radical (unpaired) electrons. The molecule has 0 fully saturated rings. The number of nitrogens with one attached hydrogen (secondary N) is 1. The number of rotatable bonds is 2. The van der Waals surface area contributed by atoms with E-state index in [9.17, 15) is 4.39 Å². The zero-order valence-electron chi connectivity index (χ0n) is 6.23. The molecule has 0 aromatic heterocycles. The van der Waals surface area contributed by atoms with E-state index in [2.05, 4.69) is 11.9 Å². The van der Waals surface area contributed by atoms with Gasteiger partial charge in [-0.05, 0) is 12.5 Å². The molecule has 0 heterocycles.